The summed E-state index contributed by atoms with van der Waals surface area (Å²) in [7, 11) is 40.0. The molecule has 0 spiro atoms. The molecule has 1 aromatic rings. The topological polar surface area (TPSA) is 49.3 Å². The number of aromatic hydroxyl groups is 1. The van der Waals surface area contributed by atoms with Crippen molar-refractivity contribution >= 4 is 238 Å². The number of benzene rings is 1. The summed E-state index contributed by atoms with van der Waals surface area (Å²) in [5, 5.41) is 11.6. The Balaban J connectivity index is 0.000000918. The SMILES string of the molecule is CC(=O)Nc1ccccc1O.S=S=S=S=S=S=S=S=S=S=S=S=S=S=S=S=S=S=S=S=S=S=S=S=S. The van der Waals surface area contributed by atoms with Gasteiger partial charge in [0.15, 0.2) is 0 Å². The summed E-state index contributed by atoms with van der Waals surface area (Å²) in [4.78, 5) is 10.5. The molecule has 0 radical (unpaired) electrons. The molecule has 1 aromatic carbocycles. The van der Waals surface area contributed by atoms with Crippen molar-refractivity contribution in [1.29, 1.82) is 0 Å². The Kier molecular flexibility index (Phi) is 37.2. The van der Waals surface area contributed by atoms with Gasteiger partial charge < -0.3 is 10.4 Å². The first-order valence-electron chi connectivity index (χ1n) is 7.26. The Hall–Kier alpha value is 3.99. The van der Waals surface area contributed by atoms with Crippen molar-refractivity contribution in [2.75, 3.05) is 5.32 Å². The fourth-order valence-electron chi connectivity index (χ4n) is 1.01. The lowest BCUT2D eigenvalue weighted by Gasteiger charge is -2.02. The summed E-state index contributed by atoms with van der Waals surface area (Å²) in [6.07, 6.45) is 0. The highest BCUT2D eigenvalue weighted by Crippen LogP contribution is 2.20. The van der Waals surface area contributed by atoms with Gasteiger partial charge in [-0.25, -0.2) is 0 Å². The molecule has 0 heterocycles. The van der Waals surface area contributed by atoms with E-state index in [1.54, 1.807) is 143 Å². The summed E-state index contributed by atoms with van der Waals surface area (Å²) >= 11 is 9.55. The van der Waals surface area contributed by atoms with Crippen LogP contribution in [0, 0.1) is 0 Å². The van der Waals surface area contributed by atoms with Gasteiger partial charge in [0.05, 0.1) is 5.69 Å². The van der Waals surface area contributed by atoms with Gasteiger partial charge in [0.2, 0.25) is 5.91 Å². The maximum Gasteiger partial charge on any atom is 0.221 e. The minimum Gasteiger partial charge on any atom is -0.506 e. The highest BCUT2D eigenvalue weighted by molar-refractivity contribution is 8.79. The van der Waals surface area contributed by atoms with E-state index in [2.05, 4.69) is 5.32 Å². The predicted octanol–water partition coefficient (Wildman–Crippen LogP) is 1.29. The molecule has 0 fully saturated rings. The first kappa shape index (κ1) is 40.0. The number of hydrogen-bond acceptors (Lipinski definition) is 4. The summed E-state index contributed by atoms with van der Waals surface area (Å²) in [5.74, 6) is -0.103. The lowest BCUT2D eigenvalue weighted by atomic mass is 10.3. The average molecular weight is 953 g/mol. The van der Waals surface area contributed by atoms with E-state index in [0.29, 0.717) is 5.69 Å². The second kappa shape index (κ2) is 33.5. The van der Waals surface area contributed by atoms with Crippen molar-refractivity contribution in [2.45, 2.75) is 6.92 Å². The van der Waals surface area contributed by atoms with Crippen molar-refractivity contribution in [3.8, 4) is 5.75 Å². The van der Waals surface area contributed by atoms with E-state index in [1.807, 2.05) is 62.2 Å². The number of amides is 1. The molecule has 28 heteroatoms. The zero-order valence-electron chi connectivity index (χ0n) is 16.4. The minimum atomic E-state index is -0.188. The Labute approximate surface area is 284 Å². The Morgan fingerprint density at radius 1 is 0.583 bits per heavy atom. The smallest absolute Gasteiger partial charge is 0.221 e. The second-order valence-corrected chi connectivity index (χ2v) is 44.5. The van der Waals surface area contributed by atoms with Crippen LogP contribution in [0.15, 0.2) is 24.3 Å². The number of phenols is 1. The molecular formula is C8H9NO2S25. The summed E-state index contributed by atoms with van der Waals surface area (Å²) in [6, 6.07) is 6.59. The molecule has 0 aromatic heterocycles. The first-order valence-corrected chi connectivity index (χ1v) is 39.3. The number of para-hydroxylation sites is 2. The lowest BCUT2D eigenvalue weighted by Crippen LogP contribution is -2.05. The first-order chi connectivity index (χ1) is 17.6. The Morgan fingerprint density at radius 3 is 1.11 bits per heavy atom. The normalized spacial score (nSPS) is 8.03. The molecule has 0 aliphatic heterocycles. The highest BCUT2D eigenvalue weighted by atomic mass is 33.5. The maximum atomic E-state index is 10.5. The maximum absolute atomic E-state index is 10.5. The molecule has 0 atom stereocenters. The number of anilines is 1. The number of carbonyl (C=O) groups is 1. The highest BCUT2D eigenvalue weighted by Gasteiger charge is 1.98. The van der Waals surface area contributed by atoms with Crippen LogP contribution in [0.2, 0.25) is 0 Å². The summed E-state index contributed by atoms with van der Waals surface area (Å²) in [5.41, 5.74) is 0.444. The third-order valence-electron chi connectivity index (χ3n) is 1.83. The zero-order valence-corrected chi connectivity index (χ0v) is 36.8. The van der Waals surface area contributed by atoms with Gasteiger partial charge in [0.1, 0.15) is 5.75 Å². The van der Waals surface area contributed by atoms with Crippen LogP contribution >= 0.6 is 0 Å². The van der Waals surface area contributed by atoms with Crippen molar-refractivity contribution in [2.24, 2.45) is 0 Å². The van der Waals surface area contributed by atoms with E-state index in [-0.39, 0.29) is 11.7 Å². The van der Waals surface area contributed by atoms with Gasteiger partial charge in [-0.05, 0) is 12.1 Å². The molecule has 0 saturated carbocycles. The van der Waals surface area contributed by atoms with E-state index in [9.17, 15) is 4.79 Å². The van der Waals surface area contributed by atoms with Gasteiger partial charge >= 0.3 is 0 Å². The van der Waals surface area contributed by atoms with Crippen LogP contribution in [0.3, 0.4) is 0 Å². The van der Waals surface area contributed by atoms with Gasteiger partial charge in [-0.15, -0.1) is 0 Å². The number of rotatable bonds is 1. The molecule has 0 bridgehead atoms. The van der Waals surface area contributed by atoms with Crippen LogP contribution in [0.4, 0.5) is 5.69 Å². The molecule has 2 N–H and O–H groups in total. The van der Waals surface area contributed by atoms with E-state index >= 15 is 0 Å². The summed E-state index contributed by atoms with van der Waals surface area (Å²) in [6.45, 7) is 1.40. The average Bonchev–Trinajstić information content (AvgIpc) is 2.86. The van der Waals surface area contributed by atoms with Crippen molar-refractivity contribution in [3.05, 3.63) is 24.3 Å². The third kappa shape index (κ3) is 30.9. The number of carbonyl (C=O) groups excluding carboxylic acids is 1. The molecule has 0 aliphatic rings. The fourth-order valence-corrected chi connectivity index (χ4v) is 58.6. The van der Waals surface area contributed by atoms with Crippen molar-refractivity contribution in [1.82, 2.24) is 0 Å². The van der Waals surface area contributed by atoms with Gasteiger partial charge in [0.25, 0.3) is 0 Å². The van der Waals surface area contributed by atoms with Crippen LogP contribution in [0.25, 0.3) is 0 Å². The van der Waals surface area contributed by atoms with Gasteiger partial charge in [-0.3, -0.25) is 4.79 Å². The number of nitrogens with one attached hydrogen (secondary N) is 1. The van der Waals surface area contributed by atoms with Crippen LogP contribution < -0.4 is 5.32 Å². The third-order valence-corrected chi connectivity index (χ3v) is 50.7. The largest absolute Gasteiger partial charge is 0.506 e. The van der Waals surface area contributed by atoms with Crippen LogP contribution in [-0.2, 0) is 231 Å². The minimum absolute atomic E-state index is 0.0858. The quantitative estimate of drug-likeness (QED) is 0.418. The van der Waals surface area contributed by atoms with Crippen LogP contribution in [-0.4, -0.2) is 11.0 Å². The predicted molar refractivity (Wildman–Crippen MR) is 227 cm³/mol. The van der Waals surface area contributed by atoms with Gasteiger partial charge in [0, 0.05) is 234 Å². The van der Waals surface area contributed by atoms with E-state index < -0.39 is 0 Å². The number of hydrogen-bond donors (Lipinski definition) is 2. The molecule has 1 amide bonds. The summed E-state index contributed by atoms with van der Waals surface area (Å²) < 4.78 is 0. The molecule has 0 saturated heterocycles. The molecule has 0 unspecified atom stereocenters. The van der Waals surface area contributed by atoms with Crippen molar-refractivity contribution in [3.63, 3.8) is 0 Å². The van der Waals surface area contributed by atoms with E-state index in [0.717, 1.165) is 0 Å². The van der Waals surface area contributed by atoms with Gasteiger partial charge in [-0.1, -0.05) is 12.1 Å². The molecule has 1 rings (SSSR count). The Morgan fingerprint density at radius 2 is 0.861 bits per heavy atom. The monoisotopic (exact) mass is 950 g/mol. The lowest BCUT2D eigenvalue weighted by molar-refractivity contribution is -0.114. The zero-order chi connectivity index (χ0) is 26.5. The van der Waals surface area contributed by atoms with Crippen LogP contribution in [0.1, 0.15) is 6.92 Å². The van der Waals surface area contributed by atoms with E-state index in [4.69, 9.17) is 27.5 Å². The molecule has 208 valence electrons. The Bertz CT molecular complexity index is 1810. The number of phenolic OH excluding ortho intramolecular Hbond substituents is 1. The van der Waals surface area contributed by atoms with Crippen LogP contribution in [0.5, 0.6) is 5.75 Å². The molecule has 0 aliphatic carbocycles. The van der Waals surface area contributed by atoms with Crippen molar-refractivity contribution < 1.29 is 9.90 Å². The molecule has 3 nitrogen and oxygen atoms in total. The second-order valence-electron chi connectivity index (χ2n) is 3.76. The fraction of sp³-hybridized carbons (Fsp3) is 0.125. The van der Waals surface area contributed by atoms with Gasteiger partial charge in [-0.2, -0.15) is 0 Å². The van der Waals surface area contributed by atoms with E-state index in [1.165, 1.54) is 30.8 Å². The molecular weight excluding hydrogens is 944 g/mol. The standard InChI is InChI=1S/C8H9NO2.S25/c1-6(10)9-7-4-2-3-5-8(7)11;1-3-5-7-9-11-13-15-17-19-21-23-25-24-22-20-18-16-14-12-10-8-6-4-2/h2-5,11H,1H3,(H,9,10);. The molecule has 36 heavy (non-hydrogen) atoms.